The van der Waals surface area contributed by atoms with Gasteiger partial charge in [-0.15, -0.1) is 0 Å². The molecule has 0 radical (unpaired) electrons. The first-order valence-corrected chi connectivity index (χ1v) is 10.3. The Morgan fingerprint density at radius 1 is 0.786 bits per heavy atom. The molecule has 4 rings (SSSR count). The van der Waals surface area contributed by atoms with Crippen LogP contribution >= 0.6 is 11.6 Å². The second-order valence-corrected chi connectivity index (χ2v) is 7.71. The van der Waals surface area contributed by atoms with Crippen LogP contribution in [0.2, 0.25) is 5.02 Å². The number of nitrogens with zero attached hydrogens (tertiary/aromatic N) is 3. The molecule has 148 valence electrons. The summed E-state index contributed by atoms with van der Waals surface area (Å²) < 4.78 is 5.36. The summed E-state index contributed by atoms with van der Waals surface area (Å²) in [6, 6.07) is 19.0. The highest BCUT2D eigenvalue weighted by Crippen LogP contribution is 2.30. The number of benzene rings is 2. The predicted molar refractivity (Wildman–Crippen MR) is 111 cm³/mol. The van der Waals surface area contributed by atoms with Gasteiger partial charge in [-0.1, -0.05) is 54.1 Å². The van der Waals surface area contributed by atoms with Crippen molar-refractivity contribution in [1.29, 1.82) is 0 Å². The molecular weight excluding hydrogens is 374 g/mol. The first-order valence-electron chi connectivity index (χ1n) is 9.88. The molecule has 0 aliphatic carbocycles. The van der Waals surface area contributed by atoms with E-state index in [4.69, 9.17) is 16.3 Å². The van der Waals surface area contributed by atoms with Crippen molar-refractivity contribution < 1.29 is 9.53 Å². The van der Waals surface area contributed by atoms with Crippen molar-refractivity contribution in [2.24, 2.45) is 0 Å². The Balaban J connectivity index is 1.48. The third-order valence-electron chi connectivity index (χ3n) is 5.53. The predicted octanol–water partition coefficient (Wildman–Crippen LogP) is 3.50. The molecule has 2 amide bonds. The van der Waals surface area contributed by atoms with E-state index in [1.54, 1.807) is 0 Å². The second-order valence-electron chi connectivity index (χ2n) is 7.27. The summed E-state index contributed by atoms with van der Waals surface area (Å²) in [5.41, 5.74) is 2.49. The van der Waals surface area contributed by atoms with Crippen molar-refractivity contribution >= 4 is 17.6 Å². The minimum absolute atomic E-state index is 0.144. The summed E-state index contributed by atoms with van der Waals surface area (Å²) in [6.07, 6.45) is 0. The first-order chi connectivity index (χ1) is 13.7. The topological polar surface area (TPSA) is 36.0 Å². The summed E-state index contributed by atoms with van der Waals surface area (Å²) in [5, 5.41) is 0.747. The summed E-state index contributed by atoms with van der Waals surface area (Å²) in [6.45, 7) is 5.83. The van der Waals surface area contributed by atoms with Crippen LogP contribution in [0.1, 0.15) is 17.2 Å². The molecule has 0 bridgehead atoms. The zero-order valence-electron chi connectivity index (χ0n) is 16.0. The van der Waals surface area contributed by atoms with Gasteiger partial charge in [0, 0.05) is 44.3 Å². The van der Waals surface area contributed by atoms with Gasteiger partial charge in [0.05, 0.1) is 19.3 Å². The van der Waals surface area contributed by atoms with Crippen molar-refractivity contribution in [2.75, 3.05) is 52.5 Å². The standard InChI is InChI=1S/C22H26ClN3O2/c23-20-8-6-19(7-9-20)21(18-4-2-1-3-5-18)24-10-12-25(13-11-24)22(27)26-14-16-28-17-15-26/h1-9,21H,10-17H2/t21-/m1/s1. The highest BCUT2D eigenvalue weighted by Gasteiger charge is 2.30. The minimum Gasteiger partial charge on any atom is -0.378 e. The van der Waals surface area contributed by atoms with Gasteiger partial charge >= 0.3 is 6.03 Å². The van der Waals surface area contributed by atoms with Crippen LogP contribution in [0.5, 0.6) is 0 Å². The number of hydrogen-bond acceptors (Lipinski definition) is 3. The smallest absolute Gasteiger partial charge is 0.320 e. The van der Waals surface area contributed by atoms with Gasteiger partial charge in [0.1, 0.15) is 0 Å². The molecular formula is C22H26ClN3O2. The zero-order valence-corrected chi connectivity index (χ0v) is 16.7. The highest BCUT2D eigenvalue weighted by molar-refractivity contribution is 6.30. The van der Waals surface area contributed by atoms with Crippen LogP contribution in [0.25, 0.3) is 0 Å². The van der Waals surface area contributed by atoms with Crippen molar-refractivity contribution in [1.82, 2.24) is 14.7 Å². The Morgan fingerprint density at radius 2 is 1.36 bits per heavy atom. The molecule has 2 heterocycles. The molecule has 5 nitrogen and oxygen atoms in total. The van der Waals surface area contributed by atoms with Crippen molar-refractivity contribution in [3.05, 3.63) is 70.7 Å². The van der Waals surface area contributed by atoms with Crippen LogP contribution in [0.15, 0.2) is 54.6 Å². The molecule has 2 aliphatic rings. The average molecular weight is 400 g/mol. The van der Waals surface area contributed by atoms with E-state index in [1.165, 1.54) is 11.1 Å². The molecule has 0 N–H and O–H groups in total. The van der Waals surface area contributed by atoms with Crippen molar-refractivity contribution in [3.8, 4) is 0 Å². The van der Waals surface area contributed by atoms with Crippen molar-refractivity contribution in [3.63, 3.8) is 0 Å². The number of ether oxygens (including phenoxy) is 1. The van der Waals surface area contributed by atoms with Crippen LogP contribution in [0.3, 0.4) is 0 Å². The van der Waals surface area contributed by atoms with Crippen LogP contribution in [0, 0.1) is 0 Å². The average Bonchev–Trinajstić information content (AvgIpc) is 2.77. The Hall–Kier alpha value is -2.08. The Morgan fingerprint density at radius 3 is 2.00 bits per heavy atom. The van der Waals surface area contributed by atoms with Crippen molar-refractivity contribution in [2.45, 2.75) is 6.04 Å². The molecule has 0 unspecified atom stereocenters. The third kappa shape index (κ3) is 4.32. The van der Waals surface area contributed by atoms with Gasteiger partial charge in [0.15, 0.2) is 0 Å². The molecule has 28 heavy (non-hydrogen) atoms. The van der Waals surface area contributed by atoms with Gasteiger partial charge in [-0.05, 0) is 23.3 Å². The quantitative estimate of drug-likeness (QED) is 0.792. The van der Waals surface area contributed by atoms with E-state index >= 15 is 0 Å². The number of hydrogen-bond donors (Lipinski definition) is 0. The van der Waals surface area contributed by atoms with Crippen LogP contribution in [0.4, 0.5) is 4.79 Å². The number of carbonyl (C=O) groups excluding carboxylic acids is 1. The Bertz CT molecular complexity index is 770. The van der Waals surface area contributed by atoms with E-state index in [2.05, 4.69) is 41.3 Å². The number of halogens is 1. The second kappa shape index (κ2) is 8.95. The van der Waals surface area contributed by atoms with Crippen LogP contribution in [-0.2, 0) is 4.74 Å². The molecule has 2 saturated heterocycles. The van der Waals surface area contributed by atoms with Gasteiger partial charge in [-0.3, -0.25) is 4.90 Å². The van der Waals surface area contributed by atoms with Gasteiger partial charge in [0.25, 0.3) is 0 Å². The van der Waals surface area contributed by atoms with E-state index in [-0.39, 0.29) is 12.1 Å². The SMILES string of the molecule is O=C(N1CCOCC1)N1CCN([C@H](c2ccccc2)c2ccc(Cl)cc2)CC1. The molecule has 2 aliphatic heterocycles. The summed E-state index contributed by atoms with van der Waals surface area (Å²) in [7, 11) is 0. The van der Waals surface area contributed by atoms with Gasteiger partial charge in [-0.2, -0.15) is 0 Å². The maximum absolute atomic E-state index is 12.8. The van der Waals surface area contributed by atoms with E-state index in [0.717, 1.165) is 31.2 Å². The number of rotatable bonds is 3. The molecule has 1 atom stereocenters. The molecule has 0 aromatic heterocycles. The molecule has 2 aromatic carbocycles. The molecule has 2 fully saturated rings. The highest BCUT2D eigenvalue weighted by atomic mass is 35.5. The zero-order chi connectivity index (χ0) is 19.3. The fourth-order valence-corrected chi connectivity index (χ4v) is 4.15. The number of morpholine rings is 1. The monoisotopic (exact) mass is 399 g/mol. The van der Waals surface area contributed by atoms with Gasteiger partial charge in [0.2, 0.25) is 0 Å². The maximum atomic E-state index is 12.8. The molecule has 6 heteroatoms. The molecule has 0 saturated carbocycles. The minimum atomic E-state index is 0.144. The van der Waals surface area contributed by atoms with E-state index in [9.17, 15) is 4.79 Å². The molecule has 2 aromatic rings. The van der Waals surface area contributed by atoms with Gasteiger partial charge in [-0.25, -0.2) is 4.79 Å². The first kappa shape index (κ1) is 19.2. The number of carbonyl (C=O) groups is 1. The lowest BCUT2D eigenvalue weighted by molar-refractivity contribution is 0.0359. The van der Waals surface area contributed by atoms with E-state index < -0.39 is 0 Å². The van der Waals surface area contributed by atoms with Crippen LogP contribution < -0.4 is 0 Å². The van der Waals surface area contributed by atoms with E-state index in [0.29, 0.717) is 26.3 Å². The lowest BCUT2D eigenvalue weighted by Gasteiger charge is -2.41. The summed E-state index contributed by atoms with van der Waals surface area (Å²) in [4.78, 5) is 19.1. The van der Waals surface area contributed by atoms with E-state index in [1.807, 2.05) is 28.0 Å². The molecule has 0 spiro atoms. The van der Waals surface area contributed by atoms with Gasteiger partial charge < -0.3 is 14.5 Å². The fourth-order valence-electron chi connectivity index (χ4n) is 4.02. The lowest BCUT2D eigenvalue weighted by atomic mass is 9.96. The number of amides is 2. The number of urea groups is 1. The normalized spacial score (nSPS) is 19.5. The van der Waals surface area contributed by atoms with Crippen LogP contribution in [-0.4, -0.2) is 73.2 Å². The Kier molecular flexibility index (Phi) is 6.15. The maximum Gasteiger partial charge on any atom is 0.320 e. The fraction of sp³-hybridized carbons (Fsp3) is 0.409. The summed E-state index contributed by atoms with van der Waals surface area (Å²) in [5.74, 6) is 0. The third-order valence-corrected chi connectivity index (χ3v) is 5.78. The Labute approximate surface area is 171 Å². The lowest BCUT2D eigenvalue weighted by Crippen LogP contribution is -2.55. The largest absolute Gasteiger partial charge is 0.378 e. The number of piperazine rings is 1. The summed E-state index contributed by atoms with van der Waals surface area (Å²) >= 11 is 6.10.